The molecule has 0 amide bonds. The first-order valence-electron chi connectivity index (χ1n) is 7.97. The maximum absolute atomic E-state index is 5.47. The number of aromatic nitrogens is 2. The zero-order chi connectivity index (χ0) is 17.1. The lowest BCUT2D eigenvalue weighted by Crippen LogP contribution is -2.42. The molecular weight excluding hydrogens is 304 g/mol. The topological polar surface area (TPSA) is 26.0 Å². The van der Waals surface area contributed by atoms with Gasteiger partial charge in [0.25, 0.3) is 5.03 Å². The van der Waals surface area contributed by atoms with E-state index in [0.29, 0.717) is 5.92 Å². The van der Waals surface area contributed by atoms with E-state index in [1.807, 2.05) is 6.07 Å². The van der Waals surface area contributed by atoms with E-state index in [2.05, 4.69) is 57.7 Å². The van der Waals surface area contributed by atoms with Crippen molar-refractivity contribution in [3.63, 3.8) is 0 Å². The lowest BCUT2D eigenvalue weighted by Gasteiger charge is -2.13. The van der Waals surface area contributed by atoms with Gasteiger partial charge in [0.15, 0.2) is 0 Å². The molecule has 124 valence electrons. The van der Waals surface area contributed by atoms with Gasteiger partial charge in [0.2, 0.25) is 6.54 Å². The molecule has 1 aromatic carbocycles. The summed E-state index contributed by atoms with van der Waals surface area (Å²) in [7, 11) is 1.72. The van der Waals surface area contributed by atoms with Crippen LogP contribution in [-0.2, 0) is 6.54 Å². The molecule has 0 atom stereocenters. The minimum absolute atomic E-state index is 0.489. The van der Waals surface area contributed by atoms with Gasteiger partial charge in [-0.3, -0.25) is 0 Å². The highest BCUT2D eigenvalue weighted by Gasteiger charge is 2.21. The van der Waals surface area contributed by atoms with Crippen LogP contribution in [0.15, 0.2) is 23.2 Å². The molecule has 0 spiro atoms. The van der Waals surface area contributed by atoms with Crippen LogP contribution < -0.4 is 9.42 Å². The van der Waals surface area contributed by atoms with E-state index in [0.717, 1.165) is 18.0 Å². The van der Waals surface area contributed by atoms with Crippen molar-refractivity contribution in [2.24, 2.45) is 0 Å². The molecule has 0 radical (unpaired) electrons. The molecule has 0 aliphatic carbocycles. The summed E-state index contributed by atoms with van der Waals surface area (Å²) in [4.78, 5) is 0. The van der Waals surface area contributed by atoms with Gasteiger partial charge in [-0.1, -0.05) is 36.4 Å². The molecule has 4 heteroatoms. The molecule has 0 saturated heterocycles. The fourth-order valence-corrected chi connectivity index (χ4v) is 3.51. The highest BCUT2D eigenvalue weighted by Crippen LogP contribution is 2.25. The van der Waals surface area contributed by atoms with Crippen molar-refractivity contribution >= 4 is 11.8 Å². The van der Waals surface area contributed by atoms with Gasteiger partial charge in [-0.15, -0.1) is 0 Å². The molecule has 0 saturated carbocycles. The van der Waals surface area contributed by atoms with Crippen molar-refractivity contribution in [3.05, 3.63) is 46.1 Å². The van der Waals surface area contributed by atoms with Crippen LogP contribution in [0.2, 0.25) is 0 Å². The molecule has 2 aromatic rings. The Labute approximate surface area is 144 Å². The van der Waals surface area contributed by atoms with E-state index >= 15 is 0 Å². The Bertz CT molecular complexity index is 711. The van der Waals surface area contributed by atoms with Crippen LogP contribution in [0.25, 0.3) is 0 Å². The number of aryl methyl sites for hydroxylation is 2. The fraction of sp³-hybridized carbons (Fsp3) is 0.474. The number of hydrogen-bond acceptors (Lipinski definition) is 3. The Kier molecular flexibility index (Phi) is 5.69. The Morgan fingerprint density at radius 3 is 2.48 bits per heavy atom. The van der Waals surface area contributed by atoms with E-state index in [9.17, 15) is 0 Å². The monoisotopic (exact) mass is 331 g/mol. The molecule has 23 heavy (non-hydrogen) atoms. The molecule has 0 N–H and O–H groups in total. The van der Waals surface area contributed by atoms with Crippen LogP contribution in [0.5, 0.6) is 5.75 Å². The fourth-order valence-electron chi connectivity index (χ4n) is 2.95. The van der Waals surface area contributed by atoms with Crippen molar-refractivity contribution < 1.29 is 9.42 Å². The summed E-state index contributed by atoms with van der Waals surface area (Å²) in [5.74, 6) is 1.43. The Hall–Kier alpha value is -1.55. The molecular formula is C19H27N2OS+. The Morgan fingerprint density at radius 1 is 1.22 bits per heavy atom. The zero-order valence-electron chi connectivity index (χ0n) is 15.2. The maximum Gasteiger partial charge on any atom is 0.266 e. The second-order valence-corrected chi connectivity index (χ2v) is 7.05. The van der Waals surface area contributed by atoms with Crippen LogP contribution in [0.3, 0.4) is 0 Å². The lowest BCUT2D eigenvalue weighted by molar-refractivity contribution is -0.780. The van der Waals surface area contributed by atoms with E-state index < -0.39 is 0 Å². The smallest absolute Gasteiger partial charge is 0.266 e. The largest absolute Gasteiger partial charge is 0.496 e. The van der Waals surface area contributed by atoms with Gasteiger partial charge in [-0.05, 0) is 55.2 Å². The van der Waals surface area contributed by atoms with Crippen LogP contribution >= 0.6 is 11.8 Å². The summed E-state index contributed by atoms with van der Waals surface area (Å²) in [6, 6.07) is 6.44. The summed E-state index contributed by atoms with van der Waals surface area (Å²) in [5.41, 5.74) is 6.18. The molecule has 0 bridgehead atoms. The van der Waals surface area contributed by atoms with E-state index in [4.69, 9.17) is 9.84 Å². The average molecular weight is 332 g/mol. The number of methoxy groups -OCH3 is 1. The Balaban J connectivity index is 2.51. The number of nitrogens with zero attached hydrogens (tertiary/aromatic N) is 2. The molecule has 2 rings (SSSR count). The first-order valence-corrected chi connectivity index (χ1v) is 9.20. The van der Waals surface area contributed by atoms with Gasteiger partial charge < -0.3 is 4.74 Å². The number of thioether (sulfide) groups is 1. The molecule has 3 nitrogen and oxygen atoms in total. The highest BCUT2D eigenvalue weighted by molar-refractivity contribution is 7.98. The number of rotatable bonds is 5. The van der Waals surface area contributed by atoms with E-state index in [-0.39, 0.29) is 0 Å². The second kappa shape index (κ2) is 7.35. The maximum atomic E-state index is 5.47. The minimum atomic E-state index is 0.489. The predicted octanol–water partition coefficient (Wildman–Crippen LogP) is 4.20. The number of ether oxygens (including phenoxy) is 1. The quantitative estimate of drug-likeness (QED) is 0.607. The van der Waals surface area contributed by atoms with Crippen LogP contribution in [0.4, 0.5) is 0 Å². The van der Waals surface area contributed by atoms with Gasteiger partial charge in [0.1, 0.15) is 11.4 Å². The van der Waals surface area contributed by atoms with Crippen molar-refractivity contribution in [2.45, 2.75) is 52.1 Å². The summed E-state index contributed by atoms with van der Waals surface area (Å²) in [6.07, 6.45) is 2.11. The summed E-state index contributed by atoms with van der Waals surface area (Å²) < 4.78 is 7.59. The molecule has 0 fully saturated rings. The van der Waals surface area contributed by atoms with Gasteiger partial charge in [-0.25, -0.2) is 0 Å². The third-order valence-electron chi connectivity index (χ3n) is 4.36. The molecule has 1 aromatic heterocycles. The molecule has 0 aliphatic heterocycles. The average Bonchev–Trinajstić information content (AvgIpc) is 2.51. The van der Waals surface area contributed by atoms with Crippen LogP contribution in [-0.4, -0.2) is 18.5 Å². The SMILES string of the molecule is COc1ccc(C)c(C[n+]2nc(C)c(C(C)C)cc2SC)c1C. The normalized spacial score (nSPS) is 11.1. The van der Waals surface area contributed by atoms with E-state index in [1.54, 1.807) is 18.9 Å². The van der Waals surface area contributed by atoms with Crippen LogP contribution in [0, 0.1) is 20.8 Å². The van der Waals surface area contributed by atoms with Gasteiger partial charge in [0, 0.05) is 17.2 Å². The van der Waals surface area contributed by atoms with Gasteiger partial charge in [0.05, 0.1) is 7.11 Å². The first-order chi connectivity index (χ1) is 10.9. The van der Waals surface area contributed by atoms with Crippen molar-refractivity contribution in [1.29, 1.82) is 0 Å². The molecule has 0 unspecified atom stereocenters. The van der Waals surface area contributed by atoms with Crippen molar-refractivity contribution in [1.82, 2.24) is 5.10 Å². The molecule has 0 aliphatic rings. The lowest BCUT2D eigenvalue weighted by atomic mass is 10.0. The van der Waals surface area contributed by atoms with Crippen molar-refractivity contribution in [3.8, 4) is 5.75 Å². The minimum Gasteiger partial charge on any atom is -0.496 e. The first kappa shape index (κ1) is 17.8. The zero-order valence-corrected chi connectivity index (χ0v) is 16.0. The third-order valence-corrected chi connectivity index (χ3v) is 5.11. The number of benzene rings is 1. The van der Waals surface area contributed by atoms with Gasteiger partial charge >= 0.3 is 0 Å². The summed E-state index contributed by atoms with van der Waals surface area (Å²) >= 11 is 1.75. The number of hydrogen-bond donors (Lipinski definition) is 0. The van der Waals surface area contributed by atoms with E-state index in [1.165, 1.54) is 27.3 Å². The van der Waals surface area contributed by atoms with Gasteiger partial charge in [-0.2, -0.15) is 0 Å². The van der Waals surface area contributed by atoms with Crippen LogP contribution in [0.1, 0.15) is 47.7 Å². The highest BCUT2D eigenvalue weighted by atomic mass is 32.2. The second-order valence-electron chi connectivity index (χ2n) is 6.23. The summed E-state index contributed by atoms with van der Waals surface area (Å²) in [5, 5.41) is 6.05. The Morgan fingerprint density at radius 2 is 1.91 bits per heavy atom. The van der Waals surface area contributed by atoms with Crippen molar-refractivity contribution in [2.75, 3.05) is 13.4 Å². The molecule has 1 heterocycles. The standard InChI is InChI=1S/C19H27N2OS/c1-12(2)16-10-19(23-7)21(20-15(16)5)11-17-13(3)8-9-18(22-6)14(17)4/h8-10,12H,11H2,1-7H3/q+1. The predicted molar refractivity (Wildman–Crippen MR) is 96.6 cm³/mol. The summed E-state index contributed by atoms with van der Waals surface area (Å²) in [6.45, 7) is 11.6. The third kappa shape index (κ3) is 3.69.